The van der Waals surface area contributed by atoms with Gasteiger partial charge in [0.1, 0.15) is 11.4 Å². The first-order valence-electron chi connectivity index (χ1n) is 10.3. The lowest BCUT2D eigenvalue weighted by Crippen LogP contribution is -2.30. The van der Waals surface area contributed by atoms with Crippen LogP contribution in [-0.4, -0.2) is 26.8 Å². The van der Waals surface area contributed by atoms with Crippen LogP contribution in [0.5, 0.6) is 0 Å². The molecule has 0 saturated heterocycles. The number of ketones is 1. The number of para-hydroxylation sites is 1. The number of carbonyl (C=O) groups is 2. The van der Waals surface area contributed by atoms with Gasteiger partial charge in [0.05, 0.1) is 21.8 Å². The van der Waals surface area contributed by atoms with Crippen LogP contribution in [0.15, 0.2) is 88.8 Å². The first-order valence-corrected chi connectivity index (χ1v) is 11.1. The van der Waals surface area contributed by atoms with E-state index in [1.54, 1.807) is 36.4 Å². The van der Waals surface area contributed by atoms with Crippen LogP contribution in [0, 0.1) is 5.82 Å². The predicted octanol–water partition coefficient (Wildman–Crippen LogP) is 5.36. The molecule has 2 aromatic carbocycles. The van der Waals surface area contributed by atoms with Crippen molar-refractivity contribution < 1.29 is 23.5 Å². The Kier molecular flexibility index (Phi) is 4.53. The molecule has 0 fully saturated rings. The van der Waals surface area contributed by atoms with Crippen LogP contribution in [0.3, 0.4) is 0 Å². The van der Waals surface area contributed by atoms with E-state index in [2.05, 4.69) is 9.97 Å². The third-order valence-corrected chi connectivity index (χ3v) is 6.69. The zero-order chi connectivity index (χ0) is 23.4. The Hall–Kier alpha value is -4.37. The second kappa shape index (κ2) is 7.60. The van der Waals surface area contributed by atoms with Crippen molar-refractivity contribution in [1.82, 2.24) is 9.97 Å². The number of aliphatic hydroxyl groups is 1. The topological polar surface area (TPSA) is 96.5 Å². The number of Topliss-reactive ketones (excluding diaryl/α,β-unsaturated/α-hetero) is 1. The molecule has 0 bridgehead atoms. The van der Waals surface area contributed by atoms with Crippen LogP contribution >= 0.6 is 11.3 Å². The van der Waals surface area contributed by atoms with Gasteiger partial charge in [-0.2, -0.15) is 0 Å². The number of furan rings is 1. The molecular formula is C25H14FN3O4S. The van der Waals surface area contributed by atoms with Crippen molar-refractivity contribution >= 4 is 49.3 Å². The molecule has 1 unspecified atom stereocenters. The summed E-state index contributed by atoms with van der Waals surface area (Å²) in [4.78, 5) is 36.6. The van der Waals surface area contributed by atoms with E-state index in [0.29, 0.717) is 21.4 Å². The predicted molar refractivity (Wildman–Crippen MR) is 124 cm³/mol. The molecule has 1 N–H and O–H groups in total. The summed E-state index contributed by atoms with van der Waals surface area (Å²) in [5, 5.41) is 11.8. The first-order chi connectivity index (χ1) is 16.5. The fourth-order valence-corrected chi connectivity index (χ4v) is 5.13. The zero-order valence-corrected chi connectivity index (χ0v) is 18.1. The van der Waals surface area contributed by atoms with Gasteiger partial charge in [-0.25, -0.2) is 9.37 Å². The molecule has 166 valence electrons. The summed E-state index contributed by atoms with van der Waals surface area (Å²) >= 11 is 1.09. The SMILES string of the molecule is O=C(C1=C(O)C(=O)N(c2nc3ccc(F)cc3s2)C1c1ccncc1)c1cc2ccccc2o1. The standard InChI is InChI=1S/C25H14FN3O4S/c26-15-5-6-16-19(12-15)34-25(28-16)29-21(13-7-9-27-10-8-13)20(23(31)24(29)32)22(30)18-11-14-3-1-2-4-17(14)33-18/h1-12,21,31H. The minimum Gasteiger partial charge on any atom is -0.503 e. The number of fused-ring (bicyclic) bond motifs is 2. The van der Waals surface area contributed by atoms with Gasteiger partial charge >= 0.3 is 0 Å². The van der Waals surface area contributed by atoms with Crippen molar-refractivity contribution in [1.29, 1.82) is 0 Å². The Morgan fingerprint density at radius 3 is 2.68 bits per heavy atom. The smallest absolute Gasteiger partial charge is 0.296 e. The van der Waals surface area contributed by atoms with Gasteiger partial charge in [0.2, 0.25) is 5.78 Å². The third kappa shape index (κ3) is 3.09. The maximum atomic E-state index is 13.7. The average Bonchev–Trinajstić information content (AvgIpc) is 3.53. The largest absolute Gasteiger partial charge is 0.503 e. The molecule has 0 spiro atoms. The van der Waals surface area contributed by atoms with Gasteiger partial charge in [0, 0.05) is 17.8 Å². The molecule has 1 atom stereocenters. The van der Waals surface area contributed by atoms with Crippen LogP contribution in [0.2, 0.25) is 0 Å². The first kappa shape index (κ1) is 20.3. The van der Waals surface area contributed by atoms with Crippen LogP contribution in [0.1, 0.15) is 22.2 Å². The number of thiazole rings is 1. The number of aliphatic hydroxyl groups excluding tert-OH is 1. The molecule has 6 rings (SSSR count). The lowest BCUT2D eigenvalue weighted by molar-refractivity contribution is -0.117. The highest BCUT2D eigenvalue weighted by Gasteiger charge is 2.46. The highest BCUT2D eigenvalue weighted by atomic mass is 32.1. The quantitative estimate of drug-likeness (QED) is 0.355. The molecule has 1 aliphatic rings. The Morgan fingerprint density at radius 2 is 1.88 bits per heavy atom. The molecule has 0 aliphatic carbocycles. The lowest BCUT2D eigenvalue weighted by atomic mass is 9.96. The van der Waals surface area contributed by atoms with E-state index in [9.17, 15) is 19.1 Å². The van der Waals surface area contributed by atoms with Crippen LogP contribution in [-0.2, 0) is 4.79 Å². The van der Waals surface area contributed by atoms with Gasteiger partial charge in [-0.3, -0.25) is 19.5 Å². The Bertz CT molecular complexity index is 1610. The monoisotopic (exact) mass is 471 g/mol. The summed E-state index contributed by atoms with van der Waals surface area (Å²) in [6, 6.07) is 15.2. The molecule has 9 heteroatoms. The number of hydrogen-bond acceptors (Lipinski definition) is 7. The summed E-state index contributed by atoms with van der Waals surface area (Å²) in [5.74, 6) is -2.50. The number of pyridine rings is 1. The number of benzene rings is 2. The van der Waals surface area contributed by atoms with Crippen molar-refractivity contribution in [2.45, 2.75) is 6.04 Å². The van der Waals surface area contributed by atoms with Crippen molar-refractivity contribution in [3.63, 3.8) is 0 Å². The van der Waals surface area contributed by atoms with E-state index in [0.717, 1.165) is 16.7 Å². The maximum Gasteiger partial charge on any atom is 0.296 e. The number of aromatic nitrogens is 2. The molecule has 7 nitrogen and oxygen atoms in total. The Morgan fingerprint density at radius 1 is 1.09 bits per heavy atom. The van der Waals surface area contributed by atoms with Crippen LogP contribution < -0.4 is 4.90 Å². The van der Waals surface area contributed by atoms with Crippen molar-refractivity contribution in [2.24, 2.45) is 0 Å². The van der Waals surface area contributed by atoms with Crippen molar-refractivity contribution in [3.05, 3.63) is 102 Å². The van der Waals surface area contributed by atoms with Crippen LogP contribution in [0.25, 0.3) is 21.2 Å². The number of amides is 1. The molecular weight excluding hydrogens is 457 g/mol. The van der Waals surface area contributed by atoms with Gasteiger partial charge in [-0.1, -0.05) is 29.5 Å². The highest BCUT2D eigenvalue weighted by Crippen LogP contribution is 2.44. The molecule has 1 amide bonds. The van der Waals surface area contributed by atoms with Gasteiger partial charge in [0.15, 0.2) is 16.7 Å². The summed E-state index contributed by atoms with van der Waals surface area (Å²) in [6.07, 6.45) is 3.06. The number of hydrogen-bond donors (Lipinski definition) is 1. The number of rotatable bonds is 4. The van der Waals surface area contributed by atoms with Gasteiger partial charge in [0.25, 0.3) is 5.91 Å². The normalized spacial score (nSPS) is 16.2. The molecule has 3 aromatic heterocycles. The third-order valence-electron chi connectivity index (χ3n) is 5.67. The lowest BCUT2D eigenvalue weighted by Gasteiger charge is -2.24. The number of carbonyl (C=O) groups excluding carboxylic acids is 2. The van der Waals surface area contributed by atoms with E-state index in [1.165, 1.54) is 35.5 Å². The second-order valence-corrected chi connectivity index (χ2v) is 8.72. The number of nitrogens with zero attached hydrogens (tertiary/aromatic N) is 3. The molecule has 4 heterocycles. The summed E-state index contributed by atoms with van der Waals surface area (Å²) in [7, 11) is 0. The molecule has 1 aliphatic heterocycles. The average molecular weight is 471 g/mol. The van der Waals surface area contributed by atoms with Crippen molar-refractivity contribution in [2.75, 3.05) is 4.90 Å². The van der Waals surface area contributed by atoms with Gasteiger partial charge in [-0.05, 0) is 48.0 Å². The van der Waals surface area contributed by atoms with E-state index >= 15 is 0 Å². The second-order valence-electron chi connectivity index (χ2n) is 7.71. The van der Waals surface area contributed by atoms with E-state index in [4.69, 9.17) is 4.42 Å². The molecule has 34 heavy (non-hydrogen) atoms. The Labute approximate surface area is 195 Å². The van der Waals surface area contributed by atoms with Crippen LogP contribution in [0.4, 0.5) is 9.52 Å². The summed E-state index contributed by atoms with van der Waals surface area (Å²) < 4.78 is 20.0. The number of anilines is 1. The van der Waals surface area contributed by atoms with E-state index < -0.39 is 29.3 Å². The maximum absolute atomic E-state index is 13.7. The molecule has 0 radical (unpaired) electrons. The summed E-state index contributed by atoms with van der Waals surface area (Å²) in [5.41, 5.74) is 1.44. The molecule has 0 saturated carbocycles. The summed E-state index contributed by atoms with van der Waals surface area (Å²) in [6.45, 7) is 0. The minimum absolute atomic E-state index is 0.00262. The highest BCUT2D eigenvalue weighted by molar-refractivity contribution is 7.22. The fourth-order valence-electron chi connectivity index (χ4n) is 4.11. The van der Waals surface area contributed by atoms with Gasteiger partial charge in [-0.15, -0.1) is 0 Å². The van der Waals surface area contributed by atoms with E-state index in [1.807, 2.05) is 6.07 Å². The Balaban J connectivity index is 1.51. The minimum atomic E-state index is -0.971. The van der Waals surface area contributed by atoms with E-state index in [-0.39, 0.29) is 16.5 Å². The zero-order valence-electron chi connectivity index (χ0n) is 17.3. The fraction of sp³-hybridized carbons (Fsp3) is 0.0400. The van der Waals surface area contributed by atoms with Crippen molar-refractivity contribution in [3.8, 4) is 0 Å². The molecule has 5 aromatic rings. The number of halogens is 1. The van der Waals surface area contributed by atoms with Gasteiger partial charge < -0.3 is 9.52 Å².